The Hall–Kier alpha value is -1.80. The summed E-state index contributed by atoms with van der Waals surface area (Å²) < 4.78 is 0. The van der Waals surface area contributed by atoms with Crippen LogP contribution in [-0.4, -0.2) is 18.2 Å². The molecule has 0 amide bonds. The topological polar surface area (TPSA) is 23.5 Å². The zero-order valence-electron chi connectivity index (χ0n) is 12.6. The van der Waals surface area contributed by atoms with Crippen LogP contribution in [0.25, 0.3) is 0 Å². The highest BCUT2D eigenvalue weighted by Gasteiger charge is 2.26. The van der Waals surface area contributed by atoms with Crippen molar-refractivity contribution >= 4 is 5.69 Å². The second-order valence-electron chi connectivity index (χ2n) is 5.83. The first-order valence-corrected chi connectivity index (χ1v) is 7.86. The maximum atomic E-state index is 10.2. The first-order valence-electron chi connectivity index (χ1n) is 7.86. The van der Waals surface area contributed by atoms with Crippen LogP contribution in [-0.2, 0) is 0 Å². The number of hydrogen-bond donors (Lipinski definition) is 1. The van der Waals surface area contributed by atoms with Gasteiger partial charge in [0, 0.05) is 30.3 Å². The van der Waals surface area contributed by atoms with Gasteiger partial charge < -0.3 is 10.0 Å². The van der Waals surface area contributed by atoms with E-state index in [-0.39, 0.29) is 6.10 Å². The van der Waals surface area contributed by atoms with Crippen LogP contribution in [0.2, 0.25) is 0 Å². The molecule has 21 heavy (non-hydrogen) atoms. The van der Waals surface area contributed by atoms with Gasteiger partial charge in [0.25, 0.3) is 0 Å². The summed E-state index contributed by atoms with van der Waals surface area (Å²) in [5, 5.41) is 10.2. The number of aliphatic hydroxyl groups excluding tert-OH is 1. The number of anilines is 1. The van der Waals surface area contributed by atoms with E-state index in [2.05, 4.69) is 53.4 Å². The molecule has 0 aromatic heterocycles. The molecule has 1 aliphatic rings. The quantitative estimate of drug-likeness (QED) is 0.911. The molecule has 0 bridgehead atoms. The second kappa shape index (κ2) is 6.31. The fourth-order valence-electron chi connectivity index (χ4n) is 3.25. The molecule has 1 N–H and O–H groups in total. The van der Waals surface area contributed by atoms with Gasteiger partial charge in [-0.15, -0.1) is 0 Å². The lowest BCUT2D eigenvalue weighted by Gasteiger charge is -2.24. The van der Waals surface area contributed by atoms with Crippen molar-refractivity contribution in [3.63, 3.8) is 0 Å². The summed E-state index contributed by atoms with van der Waals surface area (Å²) in [6.07, 6.45) is 1.57. The predicted octanol–water partition coefficient (Wildman–Crippen LogP) is 4.12. The van der Waals surface area contributed by atoms with E-state index in [9.17, 15) is 5.11 Å². The third-order valence-electron chi connectivity index (χ3n) is 4.48. The molecule has 1 heterocycles. The van der Waals surface area contributed by atoms with Crippen molar-refractivity contribution in [3.05, 3.63) is 65.7 Å². The van der Waals surface area contributed by atoms with E-state index in [1.54, 1.807) is 0 Å². The molecule has 0 radical (unpaired) electrons. The minimum absolute atomic E-state index is 0.364. The molecule has 0 saturated carbocycles. The van der Waals surface area contributed by atoms with Crippen LogP contribution in [0.4, 0.5) is 5.69 Å². The normalized spacial score (nSPS) is 19.7. The molecular formula is C19H23NO. The first kappa shape index (κ1) is 14.2. The van der Waals surface area contributed by atoms with E-state index < -0.39 is 0 Å². The van der Waals surface area contributed by atoms with Gasteiger partial charge in [-0.2, -0.15) is 0 Å². The maximum Gasteiger partial charge on any atom is 0.0807 e. The Kier molecular flexibility index (Phi) is 4.26. The molecule has 0 spiro atoms. The molecular weight excluding hydrogens is 258 g/mol. The highest BCUT2D eigenvalue weighted by molar-refractivity contribution is 5.56. The lowest BCUT2D eigenvalue weighted by molar-refractivity contribution is 0.174. The van der Waals surface area contributed by atoms with Gasteiger partial charge in [-0.1, -0.05) is 55.5 Å². The van der Waals surface area contributed by atoms with E-state index >= 15 is 0 Å². The number of aliphatic hydroxyl groups is 1. The van der Waals surface area contributed by atoms with Gasteiger partial charge in [0.2, 0.25) is 0 Å². The highest BCUT2D eigenvalue weighted by Crippen LogP contribution is 2.35. The van der Waals surface area contributed by atoms with Crippen molar-refractivity contribution in [2.45, 2.75) is 31.8 Å². The Bertz CT molecular complexity index is 581. The summed E-state index contributed by atoms with van der Waals surface area (Å²) in [6.45, 7) is 4.13. The number of para-hydroxylation sites is 1. The maximum absolute atomic E-state index is 10.2. The Morgan fingerprint density at radius 2 is 1.81 bits per heavy atom. The number of hydrogen-bond acceptors (Lipinski definition) is 2. The summed E-state index contributed by atoms with van der Waals surface area (Å²) >= 11 is 0. The zero-order valence-corrected chi connectivity index (χ0v) is 12.6. The summed E-state index contributed by atoms with van der Waals surface area (Å²) in [5.41, 5.74) is 3.69. The second-order valence-corrected chi connectivity index (χ2v) is 5.83. The van der Waals surface area contributed by atoms with Crippen LogP contribution < -0.4 is 4.90 Å². The average Bonchev–Trinajstić information content (AvgIpc) is 3.05. The fraction of sp³-hybridized carbons (Fsp3) is 0.368. The Morgan fingerprint density at radius 1 is 1.10 bits per heavy atom. The van der Waals surface area contributed by atoms with Crippen molar-refractivity contribution in [1.82, 2.24) is 0 Å². The fourth-order valence-corrected chi connectivity index (χ4v) is 3.25. The third kappa shape index (κ3) is 2.96. The van der Waals surface area contributed by atoms with Gasteiger partial charge in [-0.3, -0.25) is 0 Å². The summed E-state index contributed by atoms with van der Waals surface area (Å²) in [6, 6.07) is 19.0. The van der Waals surface area contributed by atoms with Crippen molar-refractivity contribution < 1.29 is 5.11 Å². The molecule has 2 aromatic carbocycles. The van der Waals surface area contributed by atoms with Gasteiger partial charge in [0.1, 0.15) is 0 Å². The van der Waals surface area contributed by atoms with E-state index in [0.717, 1.165) is 25.1 Å². The predicted molar refractivity (Wildman–Crippen MR) is 87.7 cm³/mol. The Labute approximate surface area is 127 Å². The molecule has 1 saturated heterocycles. The molecule has 3 rings (SSSR count). The molecule has 0 aliphatic carbocycles. The first-order chi connectivity index (χ1) is 10.3. The molecule has 2 aromatic rings. The number of rotatable bonds is 4. The average molecular weight is 281 g/mol. The van der Waals surface area contributed by atoms with E-state index in [4.69, 9.17) is 0 Å². The number of nitrogens with zero attached hydrogens (tertiary/aromatic N) is 1. The van der Waals surface area contributed by atoms with Gasteiger partial charge in [0.05, 0.1) is 6.10 Å². The van der Waals surface area contributed by atoms with Crippen molar-refractivity contribution in [2.75, 3.05) is 18.0 Å². The largest absolute Gasteiger partial charge is 0.388 e. The Morgan fingerprint density at radius 3 is 2.57 bits per heavy atom. The third-order valence-corrected chi connectivity index (χ3v) is 4.48. The molecule has 1 fully saturated rings. The molecule has 2 heteroatoms. The van der Waals surface area contributed by atoms with Gasteiger partial charge in [-0.05, 0) is 24.5 Å². The van der Waals surface area contributed by atoms with Crippen LogP contribution in [0.15, 0.2) is 54.6 Å². The molecule has 1 aliphatic heterocycles. The van der Waals surface area contributed by atoms with Gasteiger partial charge >= 0.3 is 0 Å². The Balaban J connectivity index is 1.81. The van der Waals surface area contributed by atoms with Gasteiger partial charge in [-0.25, -0.2) is 0 Å². The zero-order chi connectivity index (χ0) is 14.7. The monoisotopic (exact) mass is 281 g/mol. The van der Waals surface area contributed by atoms with Crippen molar-refractivity contribution in [3.8, 4) is 0 Å². The van der Waals surface area contributed by atoms with E-state index in [1.165, 1.54) is 17.7 Å². The summed E-state index contributed by atoms with van der Waals surface area (Å²) in [7, 11) is 0. The van der Waals surface area contributed by atoms with Crippen LogP contribution in [0.1, 0.15) is 42.9 Å². The highest BCUT2D eigenvalue weighted by atomic mass is 16.3. The smallest absolute Gasteiger partial charge is 0.0807 e. The SMILES string of the molecule is CC[C@@H](O)c1ccccc1N1CCC(c2ccccc2)C1. The van der Waals surface area contributed by atoms with Crippen LogP contribution in [0.3, 0.4) is 0 Å². The molecule has 110 valence electrons. The van der Waals surface area contributed by atoms with Crippen LogP contribution in [0, 0.1) is 0 Å². The minimum Gasteiger partial charge on any atom is -0.388 e. The van der Waals surface area contributed by atoms with Crippen molar-refractivity contribution in [2.24, 2.45) is 0 Å². The van der Waals surface area contributed by atoms with Gasteiger partial charge in [0.15, 0.2) is 0 Å². The summed E-state index contributed by atoms with van der Waals surface area (Å²) in [4.78, 5) is 2.42. The molecule has 1 unspecified atom stereocenters. The van der Waals surface area contributed by atoms with E-state index in [1.807, 2.05) is 13.0 Å². The van der Waals surface area contributed by atoms with Crippen molar-refractivity contribution in [1.29, 1.82) is 0 Å². The van der Waals surface area contributed by atoms with Crippen LogP contribution >= 0.6 is 0 Å². The molecule has 2 atom stereocenters. The minimum atomic E-state index is -0.364. The standard InChI is InChI=1S/C19H23NO/c1-2-19(21)17-10-6-7-11-18(17)20-13-12-16(14-20)15-8-4-3-5-9-15/h3-11,16,19,21H,2,12-14H2,1H3/t16?,19-/m1/s1. The number of benzene rings is 2. The lowest BCUT2D eigenvalue weighted by atomic mass is 9.99. The van der Waals surface area contributed by atoms with E-state index in [0.29, 0.717) is 5.92 Å². The molecule has 2 nitrogen and oxygen atoms in total. The lowest BCUT2D eigenvalue weighted by Crippen LogP contribution is -2.21. The van der Waals surface area contributed by atoms with Crippen LogP contribution in [0.5, 0.6) is 0 Å². The summed E-state index contributed by atoms with van der Waals surface area (Å²) in [5.74, 6) is 0.595.